The molecular weight excluding hydrogens is 235 g/mol. The molecule has 0 unspecified atom stereocenters. The van der Waals surface area contributed by atoms with Gasteiger partial charge < -0.3 is 0 Å². The largest absolute Gasteiger partial charge is 0.295 e. The van der Waals surface area contributed by atoms with Gasteiger partial charge in [0.1, 0.15) is 11.2 Å². The SMILES string of the molecule is CCCN=c1c(=N)c(=O)c(=O)c2cc(F)ccc12. The fourth-order valence-electron chi connectivity index (χ4n) is 1.78. The Balaban J connectivity index is 3.08. The summed E-state index contributed by atoms with van der Waals surface area (Å²) in [5.74, 6) is -0.585. The molecule has 92 valence electrons. The molecule has 0 aliphatic heterocycles. The van der Waals surface area contributed by atoms with Crippen LogP contribution in [0, 0.1) is 11.2 Å². The molecule has 0 radical (unpaired) electrons. The third-order valence-corrected chi connectivity index (χ3v) is 2.64. The fourth-order valence-corrected chi connectivity index (χ4v) is 1.78. The van der Waals surface area contributed by atoms with Crippen LogP contribution in [-0.2, 0) is 0 Å². The lowest BCUT2D eigenvalue weighted by molar-refractivity contribution is 0.629. The van der Waals surface area contributed by atoms with Crippen molar-refractivity contribution < 1.29 is 4.39 Å². The lowest BCUT2D eigenvalue weighted by Gasteiger charge is -1.97. The lowest BCUT2D eigenvalue weighted by Crippen LogP contribution is -2.47. The van der Waals surface area contributed by atoms with Crippen LogP contribution in [0.4, 0.5) is 4.39 Å². The Bertz CT molecular complexity index is 818. The smallest absolute Gasteiger partial charge is 0.253 e. The monoisotopic (exact) mass is 246 g/mol. The summed E-state index contributed by atoms with van der Waals surface area (Å²) < 4.78 is 13.1. The van der Waals surface area contributed by atoms with Gasteiger partial charge in [-0.25, -0.2) is 4.39 Å². The minimum Gasteiger partial charge on any atom is -0.295 e. The molecule has 4 nitrogen and oxygen atoms in total. The molecule has 0 saturated heterocycles. The van der Waals surface area contributed by atoms with Gasteiger partial charge in [-0.1, -0.05) is 6.92 Å². The minimum absolute atomic E-state index is 0.00847. The number of benzene rings is 2. The molecule has 0 saturated carbocycles. The third kappa shape index (κ3) is 1.88. The number of fused-ring (bicyclic) bond motifs is 1. The third-order valence-electron chi connectivity index (χ3n) is 2.64. The molecule has 0 atom stereocenters. The van der Waals surface area contributed by atoms with Crippen LogP contribution in [0.25, 0.3) is 10.8 Å². The quantitative estimate of drug-likeness (QED) is 0.777. The maximum Gasteiger partial charge on any atom is 0.253 e. The molecule has 2 aromatic rings. The van der Waals surface area contributed by atoms with Crippen LogP contribution in [0.3, 0.4) is 0 Å². The van der Waals surface area contributed by atoms with Crippen LogP contribution < -0.4 is 21.6 Å². The van der Waals surface area contributed by atoms with Gasteiger partial charge >= 0.3 is 0 Å². The first kappa shape index (κ1) is 12.3. The summed E-state index contributed by atoms with van der Waals surface area (Å²) in [6.07, 6.45) is 0.759. The molecule has 0 aliphatic carbocycles. The van der Waals surface area contributed by atoms with Crippen molar-refractivity contribution in [1.29, 1.82) is 5.41 Å². The molecule has 0 amide bonds. The standard InChI is InChI=1S/C13H11FN2O2/c1-2-5-16-11-8-4-3-7(14)6-9(8)12(17)13(18)10(11)15/h3-4,6,15H,2,5H2,1H3. The van der Waals surface area contributed by atoms with E-state index in [0.29, 0.717) is 11.9 Å². The van der Waals surface area contributed by atoms with E-state index in [1.54, 1.807) is 0 Å². The zero-order chi connectivity index (χ0) is 13.3. The van der Waals surface area contributed by atoms with E-state index in [0.717, 1.165) is 12.5 Å². The van der Waals surface area contributed by atoms with E-state index in [9.17, 15) is 14.0 Å². The number of nitrogens with zero attached hydrogens (tertiary/aromatic N) is 1. The molecule has 5 heteroatoms. The van der Waals surface area contributed by atoms with E-state index in [-0.39, 0.29) is 10.7 Å². The Hall–Kier alpha value is -2.17. The highest BCUT2D eigenvalue weighted by Crippen LogP contribution is 2.05. The molecule has 18 heavy (non-hydrogen) atoms. The van der Waals surface area contributed by atoms with E-state index in [1.165, 1.54) is 12.1 Å². The number of nitrogens with one attached hydrogen (secondary N) is 1. The zero-order valence-electron chi connectivity index (χ0n) is 9.79. The second-order valence-electron chi connectivity index (χ2n) is 3.95. The molecule has 0 heterocycles. The van der Waals surface area contributed by atoms with E-state index in [2.05, 4.69) is 4.99 Å². The maximum atomic E-state index is 13.1. The molecule has 0 bridgehead atoms. The highest BCUT2D eigenvalue weighted by Gasteiger charge is 2.09. The van der Waals surface area contributed by atoms with Crippen LogP contribution in [-0.4, -0.2) is 6.54 Å². The van der Waals surface area contributed by atoms with Gasteiger partial charge in [0.15, 0.2) is 0 Å². The lowest BCUT2D eigenvalue weighted by atomic mass is 10.1. The summed E-state index contributed by atoms with van der Waals surface area (Å²) in [5.41, 5.74) is -1.77. The second kappa shape index (κ2) is 4.60. The van der Waals surface area contributed by atoms with Gasteiger partial charge in [-0.15, -0.1) is 0 Å². The molecule has 2 aromatic carbocycles. The highest BCUT2D eigenvalue weighted by molar-refractivity contribution is 5.81. The van der Waals surface area contributed by atoms with Crippen LogP contribution in [0.15, 0.2) is 32.8 Å². The van der Waals surface area contributed by atoms with Crippen molar-refractivity contribution in [2.24, 2.45) is 4.99 Å². The van der Waals surface area contributed by atoms with Gasteiger partial charge in [-0.05, 0) is 24.6 Å². The summed E-state index contributed by atoms with van der Waals surface area (Å²) in [7, 11) is 0. The summed E-state index contributed by atoms with van der Waals surface area (Å²) in [5, 5.41) is 7.77. The Morgan fingerprint density at radius 1 is 1.22 bits per heavy atom. The van der Waals surface area contributed by atoms with E-state index in [1.807, 2.05) is 6.92 Å². The van der Waals surface area contributed by atoms with Crippen LogP contribution in [0.5, 0.6) is 0 Å². The van der Waals surface area contributed by atoms with Gasteiger partial charge in [-0.3, -0.25) is 20.0 Å². The average molecular weight is 246 g/mol. The predicted molar refractivity (Wildman–Crippen MR) is 65.4 cm³/mol. The Kier molecular flexibility index (Phi) is 3.14. The summed E-state index contributed by atoms with van der Waals surface area (Å²) in [6.45, 7) is 2.37. The number of hydrogen-bond acceptors (Lipinski definition) is 4. The molecule has 0 aromatic heterocycles. The van der Waals surface area contributed by atoms with Crippen LogP contribution in [0.1, 0.15) is 13.3 Å². The summed E-state index contributed by atoms with van der Waals surface area (Å²) >= 11 is 0. The van der Waals surface area contributed by atoms with Crippen LogP contribution >= 0.6 is 0 Å². The van der Waals surface area contributed by atoms with E-state index < -0.39 is 22.0 Å². The van der Waals surface area contributed by atoms with E-state index in [4.69, 9.17) is 5.41 Å². The number of halogens is 1. The Morgan fingerprint density at radius 3 is 2.61 bits per heavy atom. The average Bonchev–Trinajstić information content (AvgIpc) is 2.37. The van der Waals surface area contributed by atoms with Crippen LogP contribution in [0.2, 0.25) is 0 Å². The maximum absolute atomic E-state index is 13.1. The predicted octanol–water partition coefficient (Wildman–Crippen LogP) is 0.365. The molecule has 0 fully saturated rings. The number of hydrogen-bond donors (Lipinski definition) is 1. The first-order valence-corrected chi connectivity index (χ1v) is 5.58. The van der Waals surface area contributed by atoms with Gasteiger partial charge in [0.2, 0.25) is 5.43 Å². The molecule has 0 aliphatic rings. The van der Waals surface area contributed by atoms with E-state index >= 15 is 0 Å². The first-order chi connectivity index (χ1) is 8.56. The molecule has 0 spiro atoms. The van der Waals surface area contributed by atoms with Gasteiger partial charge in [-0.2, -0.15) is 0 Å². The van der Waals surface area contributed by atoms with Gasteiger partial charge in [0, 0.05) is 17.3 Å². The van der Waals surface area contributed by atoms with Crippen molar-refractivity contribution in [3.8, 4) is 0 Å². The van der Waals surface area contributed by atoms with Crippen molar-refractivity contribution in [1.82, 2.24) is 0 Å². The highest BCUT2D eigenvalue weighted by atomic mass is 19.1. The van der Waals surface area contributed by atoms with Crippen molar-refractivity contribution >= 4 is 10.8 Å². The fraction of sp³-hybridized carbons (Fsp3) is 0.231. The number of rotatable bonds is 2. The topological polar surface area (TPSA) is 70.3 Å². The van der Waals surface area contributed by atoms with Crippen molar-refractivity contribution in [2.45, 2.75) is 13.3 Å². The van der Waals surface area contributed by atoms with Crippen molar-refractivity contribution in [3.05, 3.63) is 55.2 Å². The summed E-state index contributed by atoms with van der Waals surface area (Å²) in [4.78, 5) is 27.4. The van der Waals surface area contributed by atoms with Crippen molar-refractivity contribution in [3.63, 3.8) is 0 Å². The Morgan fingerprint density at radius 2 is 1.94 bits per heavy atom. The second-order valence-corrected chi connectivity index (χ2v) is 3.95. The molecular formula is C13H11FN2O2. The molecule has 1 N–H and O–H groups in total. The van der Waals surface area contributed by atoms with Gasteiger partial charge in [0.05, 0.1) is 5.36 Å². The van der Waals surface area contributed by atoms with Gasteiger partial charge in [0.25, 0.3) is 5.43 Å². The minimum atomic E-state index is -0.928. The van der Waals surface area contributed by atoms with Crippen molar-refractivity contribution in [2.75, 3.05) is 6.54 Å². The first-order valence-electron chi connectivity index (χ1n) is 5.58. The Labute approximate surface area is 101 Å². The summed E-state index contributed by atoms with van der Waals surface area (Å²) in [6, 6.07) is 3.60. The molecule has 2 rings (SSSR count). The zero-order valence-corrected chi connectivity index (χ0v) is 9.79. The normalized spacial score (nSPS) is 12.2.